The Morgan fingerprint density at radius 1 is 1.35 bits per heavy atom. The van der Waals surface area contributed by atoms with Crippen LogP contribution in [-0.4, -0.2) is 17.3 Å². The van der Waals surface area contributed by atoms with Crippen LogP contribution in [-0.2, 0) is 6.42 Å². The van der Waals surface area contributed by atoms with E-state index in [1.165, 1.54) is 12.8 Å². The van der Waals surface area contributed by atoms with Crippen molar-refractivity contribution >= 4 is 11.6 Å². The van der Waals surface area contributed by atoms with E-state index >= 15 is 0 Å². The Morgan fingerprint density at radius 3 is 2.80 bits per heavy atom. The zero-order chi connectivity index (χ0) is 14.5. The maximum absolute atomic E-state index is 12.8. The van der Waals surface area contributed by atoms with Gasteiger partial charge in [0.25, 0.3) is 0 Å². The third kappa shape index (κ3) is 3.38. The molecule has 2 rings (SSSR count). The first-order valence-electron chi connectivity index (χ1n) is 7.93. The lowest BCUT2D eigenvalue weighted by molar-refractivity contribution is 0.0869. The fourth-order valence-electron chi connectivity index (χ4n) is 3.09. The summed E-state index contributed by atoms with van der Waals surface area (Å²) >= 11 is 0. The van der Waals surface area contributed by atoms with Crippen LogP contribution in [0.1, 0.15) is 62.5 Å². The lowest BCUT2D eigenvalue weighted by atomic mass is 9.79. The molecule has 0 aromatic carbocycles. The van der Waals surface area contributed by atoms with Crippen molar-refractivity contribution in [3.05, 3.63) is 23.4 Å². The number of nitrogens with one attached hydrogen (secondary N) is 1. The number of aromatic nitrogens is 1. The Morgan fingerprint density at radius 2 is 2.15 bits per heavy atom. The van der Waals surface area contributed by atoms with Gasteiger partial charge in [0.2, 0.25) is 0 Å². The SMILES string of the molecule is CCNc1nc(CC)ccc1C(=O)C1CCCC(C)C1. The van der Waals surface area contributed by atoms with Gasteiger partial charge in [0.05, 0.1) is 5.56 Å². The maximum Gasteiger partial charge on any atom is 0.169 e. The lowest BCUT2D eigenvalue weighted by Gasteiger charge is -2.26. The number of hydrogen-bond donors (Lipinski definition) is 1. The van der Waals surface area contributed by atoms with Gasteiger partial charge in [-0.15, -0.1) is 0 Å². The van der Waals surface area contributed by atoms with Crippen molar-refractivity contribution in [1.29, 1.82) is 0 Å². The molecule has 1 aliphatic carbocycles. The summed E-state index contributed by atoms with van der Waals surface area (Å²) in [5.74, 6) is 1.91. The van der Waals surface area contributed by atoms with Gasteiger partial charge in [-0.1, -0.05) is 26.7 Å². The van der Waals surface area contributed by atoms with E-state index in [4.69, 9.17) is 0 Å². The van der Waals surface area contributed by atoms with Crippen LogP contribution in [0, 0.1) is 11.8 Å². The Kier molecular flexibility index (Phi) is 5.16. The first kappa shape index (κ1) is 15.0. The highest BCUT2D eigenvalue weighted by Gasteiger charge is 2.27. The number of ketones is 1. The van der Waals surface area contributed by atoms with E-state index in [2.05, 4.69) is 24.1 Å². The molecule has 3 nitrogen and oxygen atoms in total. The molecular formula is C17H26N2O. The van der Waals surface area contributed by atoms with Crippen LogP contribution in [0.3, 0.4) is 0 Å². The molecule has 1 heterocycles. The second kappa shape index (κ2) is 6.87. The van der Waals surface area contributed by atoms with Gasteiger partial charge in [-0.2, -0.15) is 0 Å². The van der Waals surface area contributed by atoms with Crippen molar-refractivity contribution < 1.29 is 4.79 Å². The summed E-state index contributed by atoms with van der Waals surface area (Å²) in [6, 6.07) is 3.95. The van der Waals surface area contributed by atoms with E-state index < -0.39 is 0 Å². The normalized spacial score (nSPS) is 22.6. The standard InChI is InChI=1S/C17H26N2O/c1-4-14-9-10-15(17(19-14)18-5-2)16(20)13-8-6-7-12(3)11-13/h9-10,12-13H,4-8,11H2,1-3H3,(H,18,19). The molecule has 3 heteroatoms. The quantitative estimate of drug-likeness (QED) is 0.822. The summed E-state index contributed by atoms with van der Waals surface area (Å²) < 4.78 is 0. The zero-order valence-electron chi connectivity index (χ0n) is 12.9. The summed E-state index contributed by atoms with van der Waals surface area (Å²) in [6.07, 6.45) is 5.39. The van der Waals surface area contributed by atoms with Crippen LogP contribution in [0.2, 0.25) is 0 Å². The molecule has 0 radical (unpaired) electrons. The second-order valence-corrected chi connectivity index (χ2v) is 5.92. The molecule has 1 aromatic rings. The molecule has 0 bridgehead atoms. The van der Waals surface area contributed by atoms with Crippen molar-refractivity contribution in [3.8, 4) is 0 Å². The van der Waals surface area contributed by atoms with Gasteiger partial charge in [0.15, 0.2) is 5.78 Å². The van der Waals surface area contributed by atoms with Crippen LogP contribution < -0.4 is 5.32 Å². The van der Waals surface area contributed by atoms with E-state index in [9.17, 15) is 4.79 Å². The van der Waals surface area contributed by atoms with E-state index in [1.54, 1.807) is 0 Å². The molecule has 1 N–H and O–H groups in total. The summed E-state index contributed by atoms with van der Waals surface area (Å²) in [5.41, 5.74) is 1.82. The van der Waals surface area contributed by atoms with Crippen molar-refractivity contribution in [2.24, 2.45) is 11.8 Å². The molecule has 0 aliphatic heterocycles. The van der Waals surface area contributed by atoms with Crippen molar-refractivity contribution in [1.82, 2.24) is 4.98 Å². The minimum Gasteiger partial charge on any atom is -0.370 e. The first-order chi connectivity index (χ1) is 9.65. The fourth-order valence-corrected chi connectivity index (χ4v) is 3.09. The van der Waals surface area contributed by atoms with Crippen molar-refractivity contribution in [2.75, 3.05) is 11.9 Å². The number of nitrogens with zero attached hydrogens (tertiary/aromatic N) is 1. The monoisotopic (exact) mass is 274 g/mol. The third-order valence-electron chi connectivity index (χ3n) is 4.23. The number of aryl methyl sites for hydroxylation is 1. The van der Waals surface area contributed by atoms with Crippen LogP contribution >= 0.6 is 0 Å². The highest BCUT2D eigenvalue weighted by Crippen LogP contribution is 2.32. The molecule has 1 saturated carbocycles. The topological polar surface area (TPSA) is 42.0 Å². The molecule has 1 aromatic heterocycles. The van der Waals surface area contributed by atoms with Gasteiger partial charge in [-0.3, -0.25) is 4.79 Å². The number of pyridine rings is 1. The summed E-state index contributed by atoms with van der Waals surface area (Å²) in [4.78, 5) is 17.3. The molecule has 2 atom stereocenters. The average molecular weight is 274 g/mol. The summed E-state index contributed by atoms with van der Waals surface area (Å²) in [6.45, 7) is 7.17. The zero-order valence-corrected chi connectivity index (χ0v) is 12.9. The van der Waals surface area contributed by atoms with Crippen LogP contribution in [0.4, 0.5) is 5.82 Å². The van der Waals surface area contributed by atoms with Crippen molar-refractivity contribution in [2.45, 2.75) is 52.9 Å². The second-order valence-electron chi connectivity index (χ2n) is 5.92. The van der Waals surface area contributed by atoms with Crippen LogP contribution in [0.15, 0.2) is 12.1 Å². The number of rotatable bonds is 5. The van der Waals surface area contributed by atoms with Gasteiger partial charge in [0.1, 0.15) is 5.82 Å². The molecule has 0 spiro atoms. The van der Waals surface area contributed by atoms with Crippen molar-refractivity contribution in [3.63, 3.8) is 0 Å². The molecule has 2 unspecified atom stereocenters. The van der Waals surface area contributed by atoms with Gasteiger partial charge >= 0.3 is 0 Å². The molecule has 20 heavy (non-hydrogen) atoms. The highest BCUT2D eigenvalue weighted by molar-refractivity contribution is 6.02. The van der Waals surface area contributed by atoms with Gasteiger partial charge in [0, 0.05) is 18.2 Å². The smallest absolute Gasteiger partial charge is 0.169 e. The number of Topliss-reactive ketones (excluding diaryl/α,β-unsaturated/α-hetero) is 1. The average Bonchev–Trinajstić information content (AvgIpc) is 2.47. The molecule has 1 aliphatic rings. The maximum atomic E-state index is 12.8. The summed E-state index contributed by atoms with van der Waals surface area (Å²) in [7, 11) is 0. The van der Waals surface area contributed by atoms with Gasteiger partial charge in [-0.25, -0.2) is 4.98 Å². The van der Waals surface area contributed by atoms with Gasteiger partial charge < -0.3 is 5.32 Å². The minimum absolute atomic E-state index is 0.186. The fraction of sp³-hybridized carbons (Fsp3) is 0.647. The lowest BCUT2D eigenvalue weighted by Crippen LogP contribution is -2.23. The van der Waals surface area contributed by atoms with E-state index in [0.29, 0.717) is 5.92 Å². The Labute approximate surface area is 122 Å². The molecule has 110 valence electrons. The highest BCUT2D eigenvalue weighted by atomic mass is 16.1. The Hall–Kier alpha value is -1.38. The number of anilines is 1. The van der Waals surface area contributed by atoms with Crippen LogP contribution in [0.25, 0.3) is 0 Å². The predicted molar refractivity (Wildman–Crippen MR) is 83.2 cm³/mol. The number of carbonyl (C=O) groups is 1. The largest absolute Gasteiger partial charge is 0.370 e. The van der Waals surface area contributed by atoms with Crippen LogP contribution in [0.5, 0.6) is 0 Å². The first-order valence-corrected chi connectivity index (χ1v) is 7.93. The Balaban J connectivity index is 2.23. The molecular weight excluding hydrogens is 248 g/mol. The number of hydrogen-bond acceptors (Lipinski definition) is 3. The molecule has 0 saturated heterocycles. The van der Waals surface area contributed by atoms with Gasteiger partial charge in [-0.05, 0) is 44.2 Å². The summed E-state index contributed by atoms with van der Waals surface area (Å²) in [5, 5.41) is 3.25. The third-order valence-corrected chi connectivity index (χ3v) is 4.23. The molecule has 0 amide bonds. The number of carbonyl (C=O) groups excluding carboxylic acids is 1. The predicted octanol–water partition coefficient (Wildman–Crippen LogP) is 4.08. The molecule has 1 fully saturated rings. The van der Waals surface area contributed by atoms with E-state index in [-0.39, 0.29) is 11.7 Å². The van der Waals surface area contributed by atoms with E-state index in [1.807, 2.05) is 19.1 Å². The van der Waals surface area contributed by atoms with E-state index in [0.717, 1.165) is 42.9 Å². The minimum atomic E-state index is 0.186. The Bertz CT molecular complexity index is 470.